The molecule has 0 heterocycles. The smallest absolute Gasteiger partial charge is 0 e. The van der Waals surface area contributed by atoms with E-state index in [0.717, 1.165) is 0 Å². The maximum atomic E-state index is 2.49. The summed E-state index contributed by atoms with van der Waals surface area (Å²) in [6.45, 7) is 23.1. The molecule has 120 valence electrons. The van der Waals surface area contributed by atoms with E-state index in [1.807, 2.05) is 0 Å². The fourth-order valence-corrected chi connectivity index (χ4v) is 3.97. The van der Waals surface area contributed by atoms with Crippen molar-refractivity contribution in [2.75, 3.05) is 0 Å². The van der Waals surface area contributed by atoms with Gasteiger partial charge >= 0.3 is 0 Å². The fraction of sp³-hybridized carbons (Fsp3) is 0.571. The largest absolute Gasteiger partial charge is 0.161 e. The van der Waals surface area contributed by atoms with Crippen molar-refractivity contribution in [3.05, 3.63) is 51.0 Å². The molecular weight excluding hydrogens is 300 g/mol. The molecule has 2 aliphatic carbocycles. The zero-order chi connectivity index (χ0) is 16.3. The Morgan fingerprint density at radius 2 is 0.818 bits per heavy atom. The van der Waals surface area contributed by atoms with Crippen LogP contribution in [0.25, 0.3) is 0 Å². The SMILES string of the molecule is CC1=C(C)C(C)(C)C([CH-]C2=C(C)C(C)=C(C)C2(C)C)=C1C.[Ti]. The molecule has 1 heteroatoms. The summed E-state index contributed by atoms with van der Waals surface area (Å²) >= 11 is 0. The summed E-state index contributed by atoms with van der Waals surface area (Å²) in [4.78, 5) is 0. The Morgan fingerprint density at radius 3 is 1.00 bits per heavy atom. The van der Waals surface area contributed by atoms with E-state index in [1.165, 1.54) is 44.6 Å². The van der Waals surface area contributed by atoms with Crippen molar-refractivity contribution >= 4 is 0 Å². The van der Waals surface area contributed by atoms with Crippen LogP contribution in [-0.4, -0.2) is 0 Å². The van der Waals surface area contributed by atoms with Crippen molar-refractivity contribution in [3.63, 3.8) is 0 Å². The van der Waals surface area contributed by atoms with Crippen LogP contribution >= 0.6 is 0 Å². The van der Waals surface area contributed by atoms with E-state index in [9.17, 15) is 0 Å². The Morgan fingerprint density at radius 1 is 0.545 bits per heavy atom. The van der Waals surface area contributed by atoms with Gasteiger partial charge in [0, 0.05) is 21.7 Å². The first-order valence-corrected chi connectivity index (χ1v) is 8.08. The van der Waals surface area contributed by atoms with Gasteiger partial charge in [0.25, 0.3) is 0 Å². The van der Waals surface area contributed by atoms with Crippen molar-refractivity contribution < 1.29 is 21.7 Å². The molecule has 0 amide bonds. The van der Waals surface area contributed by atoms with E-state index in [-0.39, 0.29) is 32.5 Å². The van der Waals surface area contributed by atoms with Gasteiger partial charge in [-0.15, -0.1) is 33.4 Å². The first kappa shape index (κ1) is 19.6. The van der Waals surface area contributed by atoms with E-state index < -0.39 is 0 Å². The maximum absolute atomic E-state index is 2.49. The van der Waals surface area contributed by atoms with Gasteiger partial charge in [0.15, 0.2) is 0 Å². The minimum Gasteiger partial charge on any atom is -0.161 e. The molecule has 0 radical (unpaired) electrons. The molecule has 0 nitrogen and oxygen atoms in total. The molecule has 0 aliphatic heterocycles. The molecule has 0 spiro atoms. The quantitative estimate of drug-likeness (QED) is 0.396. The number of rotatable bonds is 2. The van der Waals surface area contributed by atoms with Crippen LogP contribution in [0, 0.1) is 17.3 Å². The van der Waals surface area contributed by atoms with Crippen LogP contribution in [0.1, 0.15) is 69.2 Å². The third kappa shape index (κ3) is 2.53. The summed E-state index contributed by atoms with van der Waals surface area (Å²) in [6.07, 6.45) is 2.49. The monoisotopic (exact) mass is 331 g/mol. The van der Waals surface area contributed by atoms with E-state index in [2.05, 4.69) is 75.7 Å². The Balaban J connectivity index is 0.00000242. The van der Waals surface area contributed by atoms with Gasteiger partial charge in [-0.2, -0.15) is 6.42 Å². The molecule has 0 saturated carbocycles. The molecule has 0 atom stereocenters. The van der Waals surface area contributed by atoms with Gasteiger partial charge < -0.3 is 0 Å². The molecule has 22 heavy (non-hydrogen) atoms. The van der Waals surface area contributed by atoms with E-state index in [0.29, 0.717) is 0 Å². The minimum atomic E-state index is 0. The minimum absolute atomic E-state index is 0. The molecule has 0 aromatic rings. The molecule has 2 aliphatic rings. The fourth-order valence-electron chi connectivity index (χ4n) is 3.97. The molecule has 2 rings (SSSR count). The Bertz CT molecular complexity index is 575. The van der Waals surface area contributed by atoms with Crippen LogP contribution in [-0.2, 0) is 21.7 Å². The maximum Gasteiger partial charge on any atom is 0 e. The Kier molecular flexibility index (Phi) is 5.23. The van der Waals surface area contributed by atoms with Crippen LogP contribution in [0.4, 0.5) is 0 Å². The summed E-state index contributed by atoms with van der Waals surface area (Å²) in [5.74, 6) is 0. The second-order valence-corrected chi connectivity index (χ2v) is 7.97. The topological polar surface area (TPSA) is 0 Å². The summed E-state index contributed by atoms with van der Waals surface area (Å²) in [5, 5.41) is 0. The predicted octanol–water partition coefficient (Wildman–Crippen LogP) is 6.57. The van der Waals surface area contributed by atoms with Gasteiger partial charge in [0.05, 0.1) is 0 Å². The average Bonchev–Trinajstić information content (AvgIpc) is 2.63. The van der Waals surface area contributed by atoms with Gasteiger partial charge in [-0.1, -0.05) is 66.5 Å². The third-order valence-electron chi connectivity index (χ3n) is 6.57. The average molecular weight is 331 g/mol. The van der Waals surface area contributed by atoms with Gasteiger partial charge in [-0.25, -0.2) is 0 Å². The van der Waals surface area contributed by atoms with Crippen molar-refractivity contribution in [2.24, 2.45) is 10.8 Å². The van der Waals surface area contributed by atoms with Crippen molar-refractivity contribution in [1.29, 1.82) is 0 Å². The van der Waals surface area contributed by atoms with Crippen molar-refractivity contribution in [3.8, 4) is 0 Å². The number of hydrogen-bond donors (Lipinski definition) is 0. The molecule has 0 unspecified atom stereocenters. The van der Waals surface area contributed by atoms with E-state index in [4.69, 9.17) is 0 Å². The van der Waals surface area contributed by atoms with Gasteiger partial charge in [0.1, 0.15) is 0 Å². The molecular formula is C21H31Ti-. The molecule has 0 N–H and O–H groups in total. The van der Waals surface area contributed by atoms with Crippen LogP contribution in [0.5, 0.6) is 0 Å². The summed E-state index contributed by atoms with van der Waals surface area (Å²) in [5.41, 5.74) is 12.2. The van der Waals surface area contributed by atoms with Crippen molar-refractivity contribution in [1.82, 2.24) is 0 Å². The summed E-state index contributed by atoms with van der Waals surface area (Å²) < 4.78 is 0. The van der Waals surface area contributed by atoms with Crippen LogP contribution in [0.15, 0.2) is 44.6 Å². The molecule has 0 aromatic heterocycles. The van der Waals surface area contributed by atoms with Crippen LogP contribution in [0.2, 0.25) is 0 Å². The Hall–Kier alpha value is -0.456. The van der Waals surface area contributed by atoms with E-state index in [1.54, 1.807) is 0 Å². The summed E-state index contributed by atoms with van der Waals surface area (Å²) in [7, 11) is 0. The van der Waals surface area contributed by atoms with Crippen LogP contribution < -0.4 is 0 Å². The molecule has 0 aromatic carbocycles. The number of allylic oxidation sites excluding steroid dienone is 8. The molecule has 0 saturated heterocycles. The predicted molar refractivity (Wildman–Crippen MR) is 94.0 cm³/mol. The first-order chi connectivity index (χ1) is 9.44. The molecule has 0 bridgehead atoms. The Labute approximate surface area is 152 Å². The second-order valence-electron chi connectivity index (χ2n) is 7.97. The first-order valence-electron chi connectivity index (χ1n) is 8.08. The standard InChI is InChI=1S/C21H31.Ti/c1-12-14(3)18(20(7,8)16(12)5)11-19-15(4)13(2)17(6)21(19,9)10;/h11H,1-10H3;/q-1;. The summed E-state index contributed by atoms with van der Waals surface area (Å²) in [6, 6.07) is 0. The van der Waals surface area contributed by atoms with Gasteiger partial charge in [-0.05, 0) is 24.7 Å². The van der Waals surface area contributed by atoms with Crippen molar-refractivity contribution in [2.45, 2.75) is 69.2 Å². The number of hydrogen-bond acceptors (Lipinski definition) is 0. The normalized spacial score (nSPS) is 23.5. The van der Waals surface area contributed by atoms with E-state index >= 15 is 0 Å². The van der Waals surface area contributed by atoms with Gasteiger partial charge in [0.2, 0.25) is 0 Å². The third-order valence-corrected chi connectivity index (χ3v) is 6.57. The van der Waals surface area contributed by atoms with Gasteiger partial charge in [-0.3, -0.25) is 0 Å². The zero-order valence-corrected chi connectivity index (χ0v) is 17.6. The van der Waals surface area contributed by atoms with Crippen LogP contribution in [0.3, 0.4) is 0 Å². The second kappa shape index (κ2) is 5.88. The zero-order valence-electron chi connectivity index (χ0n) is 16.1. The molecule has 0 fully saturated rings.